The summed E-state index contributed by atoms with van der Waals surface area (Å²) in [6.07, 6.45) is 9.17. The van der Waals surface area contributed by atoms with E-state index < -0.39 is 0 Å². The number of aliphatic hydroxyl groups excluding tert-OH is 1. The van der Waals surface area contributed by atoms with Gasteiger partial charge in [-0.05, 0) is 85.5 Å². The lowest BCUT2D eigenvalue weighted by Gasteiger charge is -2.57. The number of hydrogen-bond donors (Lipinski definition) is 5. The van der Waals surface area contributed by atoms with E-state index in [4.69, 9.17) is 5.73 Å². The van der Waals surface area contributed by atoms with Crippen molar-refractivity contribution < 1.29 is 10.2 Å². The van der Waals surface area contributed by atoms with E-state index in [-0.39, 0.29) is 28.7 Å². The third-order valence-electron chi connectivity index (χ3n) is 9.64. The summed E-state index contributed by atoms with van der Waals surface area (Å²) in [5.74, 6) is 0.595. The maximum Gasteiger partial charge on any atom is 0.178 e. The molecule has 0 radical (unpaired) electrons. The molecule has 5 aromatic rings. The smallest absolute Gasteiger partial charge is 0.178 e. The molecule has 10 nitrogen and oxygen atoms in total. The standard InChI is InChI=1S/C32H36N8O2/c33-28-16-26(29-30(36-28)38-39-37-29)25(22-18-35-40(20-22)19-21-5-4-8-24(41)15-21)9-14-34-31-10-12-32(13-11-31,27(42)17-31)23-6-2-1-3-7-23/h1-8,15-16,18,20,25,27,34,41-42H,9-14,17,19H2,(H3,33,36,37,38,39)/t25?,27-,31?,32?/m1/s1. The highest BCUT2D eigenvalue weighted by molar-refractivity contribution is 5.77. The quantitative estimate of drug-likeness (QED) is 0.180. The summed E-state index contributed by atoms with van der Waals surface area (Å²) in [6, 6.07) is 19.7. The second-order valence-electron chi connectivity index (χ2n) is 12.1. The zero-order valence-corrected chi connectivity index (χ0v) is 23.4. The minimum absolute atomic E-state index is 0.0507. The molecule has 3 aliphatic carbocycles. The van der Waals surface area contributed by atoms with Crippen LogP contribution in [0.4, 0.5) is 5.82 Å². The number of aromatic amines is 1. The number of aliphatic hydroxyl groups is 1. The number of phenols is 1. The molecule has 0 saturated heterocycles. The molecule has 3 saturated carbocycles. The number of pyridine rings is 1. The molecule has 2 bridgehead atoms. The number of aromatic nitrogens is 6. The number of fused-ring (bicyclic) bond motifs is 4. The van der Waals surface area contributed by atoms with Crippen molar-refractivity contribution in [1.29, 1.82) is 0 Å². The molecule has 6 N–H and O–H groups in total. The normalized spacial score (nSPS) is 24.3. The lowest BCUT2D eigenvalue weighted by atomic mass is 9.53. The summed E-state index contributed by atoms with van der Waals surface area (Å²) in [5.41, 5.74) is 11.5. The maximum atomic E-state index is 11.4. The van der Waals surface area contributed by atoms with Gasteiger partial charge in [-0.3, -0.25) is 4.68 Å². The van der Waals surface area contributed by atoms with Gasteiger partial charge in [0, 0.05) is 23.1 Å². The molecule has 0 amide bonds. The first kappa shape index (κ1) is 26.6. The van der Waals surface area contributed by atoms with E-state index in [1.807, 2.05) is 35.1 Å². The molecule has 3 aromatic heterocycles. The van der Waals surface area contributed by atoms with Crippen molar-refractivity contribution in [2.24, 2.45) is 0 Å². The molecule has 0 spiro atoms. The molecule has 2 aromatic carbocycles. The van der Waals surface area contributed by atoms with E-state index in [0.717, 1.165) is 61.8 Å². The number of aromatic hydroxyl groups is 1. The molecule has 3 heterocycles. The van der Waals surface area contributed by atoms with Crippen molar-refractivity contribution in [3.8, 4) is 5.75 Å². The van der Waals surface area contributed by atoms with E-state index in [9.17, 15) is 10.2 Å². The molecule has 2 atom stereocenters. The van der Waals surface area contributed by atoms with Crippen LogP contribution in [-0.2, 0) is 12.0 Å². The first-order valence-electron chi connectivity index (χ1n) is 14.7. The lowest BCUT2D eigenvalue weighted by molar-refractivity contribution is -0.0496. The van der Waals surface area contributed by atoms with Gasteiger partial charge in [-0.1, -0.05) is 47.7 Å². The van der Waals surface area contributed by atoms with E-state index in [0.29, 0.717) is 23.5 Å². The Kier molecular flexibility index (Phi) is 6.67. The van der Waals surface area contributed by atoms with Crippen molar-refractivity contribution in [3.63, 3.8) is 0 Å². The summed E-state index contributed by atoms with van der Waals surface area (Å²) < 4.78 is 1.88. The zero-order valence-electron chi connectivity index (χ0n) is 23.4. The monoisotopic (exact) mass is 564 g/mol. The fourth-order valence-electron chi connectivity index (χ4n) is 7.40. The van der Waals surface area contributed by atoms with E-state index in [2.05, 4.69) is 61.3 Å². The predicted octanol–water partition coefficient (Wildman–Crippen LogP) is 4.01. The van der Waals surface area contributed by atoms with Crippen LogP contribution in [0, 0.1) is 0 Å². The largest absolute Gasteiger partial charge is 0.508 e. The van der Waals surface area contributed by atoms with Crippen LogP contribution in [0.2, 0.25) is 0 Å². The van der Waals surface area contributed by atoms with Crippen molar-refractivity contribution in [2.45, 2.75) is 68.0 Å². The second kappa shape index (κ2) is 10.5. The van der Waals surface area contributed by atoms with E-state index in [1.165, 1.54) is 5.56 Å². The van der Waals surface area contributed by atoms with Gasteiger partial charge < -0.3 is 21.3 Å². The number of rotatable bonds is 9. The average molecular weight is 565 g/mol. The van der Waals surface area contributed by atoms with Gasteiger partial charge in [0.2, 0.25) is 0 Å². The fraction of sp³-hybridized carbons (Fsp3) is 0.375. The van der Waals surface area contributed by atoms with Gasteiger partial charge in [-0.15, -0.1) is 5.10 Å². The highest BCUT2D eigenvalue weighted by atomic mass is 16.3. The Balaban J connectivity index is 1.12. The number of benzene rings is 2. The molecular weight excluding hydrogens is 528 g/mol. The summed E-state index contributed by atoms with van der Waals surface area (Å²) in [4.78, 5) is 4.37. The Bertz CT molecular complexity index is 1690. The van der Waals surface area contributed by atoms with Crippen LogP contribution in [0.25, 0.3) is 11.2 Å². The number of nitrogens with two attached hydrogens (primary N) is 1. The third kappa shape index (κ3) is 4.80. The third-order valence-corrected chi connectivity index (χ3v) is 9.64. The molecule has 0 aliphatic heterocycles. The van der Waals surface area contributed by atoms with Crippen LogP contribution in [0.5, 0.6) is 5.75 Å². The average Bonchev–Trinajstić information content (AvgIpc) is 3.66. The van der Waals surface area contributed by atoms with Gasteiger partial charge in [0.15, 0.2) is 5.65 Å². The molecule has 1 unspecified atom stereocenters. The minimum atomic E-state index is -0.365. The Hall–Kier alpha value is -4.28. The summed E-state index contributed by atoms with van der Waals surface area (Å²) in [7, 11) is 0. The number of nitrogen functional groups attached to an aromatic ring is 1. The number of phenolic OH excluding ortho intramolecular Hbond substituents is 1. The van der Waals surface area contributed by atoms with Crippen molar-refractivity contribution in [1.82, 2.24) is 35.5 Å². The van der Waals surface area contributed by atoms with Gasteiger partial charge in [0.05, 0.1) is 18.8 Å². The van der Waals surface area contributed by atoms with Gasteiger partial charge >= 0.3 is 0 Å². The maximum absolute atomic E-state index is 11.4. The Morgan fingerprint density at radius 3 is 2.69 bits per heavy atom. The topological polar surface area (TPSA) is 151 Å². The van der Waals surface area contributed by atoms with E-state index >= 15 is 0 Å². The molecule has 3 aliphatic rings. The number of H-pyrrole nitrogens is 1. The number of anilines is 1. The SMILES string of the molecule is Nc1cc(C(CCNC23CCC(c4ccccc4)(CC2)[C@H](O)C3)c2cnn(Cc3cccc(O)c3)c2)c2nn[nH]c2n1. The molecular formula is C32H36N8O2. The molecule has 42 heavy (non-hydrogen) atoms. The number of hydrogen-bond acceptors (Lipinski definition) is 8. The molecule has 8 rings (SSSR count). The van der Waals surface area contributed by atoms with Crippen LogP contribution in [-0.4, -0.2) is 58.6 Å². The number of nitrogens with one attached hydrogen (secondary N) is 2. The van der Waals surface area contributed by atoms with Crippen LogP contribution in [0.3, 0.4) is 0 Å². The van der Waals surface area contributed by atoms with Gasteiger partial charge in [-0.2, -0.15) is 5.10 Å². The zero-order chi connectivity index (χ0) is 28.7. The van der Waals surface area contributed by atoms with Gasteiger partial charge in [0.1, 0.15) is 17.1 Å². The van der Waals surface area contributed by atoms with E-state index in [1.54, 1.807) is 12.1 Å². The fourth-order valence-corrected chi connectivity index (χ4v) is 7.40. The molecule has 3 fully saturated rings. The highest BCUT2D eigenvalue weighted by Crippen LogP contribution is 2.53. The van der Waals surface area contributed by atoms with Gasteiger partial charge in [0.25, 0.3) is 0 Å². The van der Waals surface area contributed by atoms with Crippen molar-refractivity contribution in [3.05, 3.63) is 95.3 Å². The first-order valence-corrected chi connectivity index (χ1v) is 14.7. The van der Waals surface area contributed by atoms with Crippen LogP contribution < -0.4 is 11.1 Å². The Labute approximate surface area is 244 Å². The Morgan fingerprint density at radius 1 is 1.07 bits per heavy atom. The van der Waals surface area contributed by atoms with Gasteiger partial charge in [-0.25, -0.2) is 10.1 Å². The second-order valence-corrected chi connectivity index (χ2v) is 12.1. The molecule has 10 heteroatoms. The summed E-state index contributed by atoms with van der Waals surface area (Å²) in [5, 5.41) is 41.0. The van der Waals surface area contributed by atoms with Crippen LogP contribution >= 0.6 is 0 Å². The first-order chi connectivity index (χ1) is 20.4. The summed E-state index contributed by atoms with van der Waals surface area (Å²) in [6.45, 7) is 1.30. The minimum Gasteiger partial charge on any atom is -0.508 e. The number of nitrogens with zero attached hydrogens (tertiary/aromatic N) is 5. The van der Waals surface area contributed by atoms with Crippen LogP contribution in [0.1, 0.15) is 66.7 Å². The Morgan fingerprint density at radius 2 is 1.90 bits per heavy atom. The predicted molar refractivity (Wildman–Crippen MR) is 160 cm³/mol. The highest BCUT2D eigenvalue weighted by Gasteiger charge is 2.54. The van der Waals surface area contributed by atoms with Crippen LogP contribution in [0.15, 0.2) is 73.1 Å². The lowest BCUT2D eigenvalue weighted by Crippen LogP contribution is -2.62. The molecule has 216 valence electrons. The summed E-state index contributed by atoms with van der Waals surface area (Å²) >= 11 is 0. The van der Waals surface area contributed by atoms with Crippen molar-refractivity contribution >= 4 is 17.0 Å². The van der Waals surface area contributed by atoms with Crippen molar-refractivity contribution in [2.75, 3.05) is 12.3 Å².